The summed E-state index contributed by atoms with van der Waals surface area (Å²) in [5.41, 5.74) is 0.185. The van der Waals surface area contributed by atoms with Gasteiger partial charge < -0.3 is 10.1 Å². The number of hydrogen-bond donors (Lipinski definition) is 1. The van der Waals surface area contributed by atoms with Crippen LogP contribution in [0.15, 0.2) is 36.4 Å². The van der Waals surface area contributed by atoms with Gasteiger partial charge in [0, 0.05) is 9.26 Å². The number of ether oxygens (including phenoxy) is 1. The minimum Gasteiger partial charge on any atom is -0.452 e. The van der Waals surface area contributed by atoms with Crippen LogP contribution in [0.4, 0.5) is 14.5 Å². The first-order valence-corrected chi connectivity index (χ1v) is 7.69. The summed E-state index contributed by atoms with van der Waals surface area (Å²) in [6.45, 7) is -0.583. The van der Waals surface area contributed by atoms with E-state index in [1.54, 1.807) is 24.3 Å². The maximum absolute atomic E-state index is 13.1. The third-order valence-electron chi connectivity index (χ3n) is 2.69. The van der Waals surface area contributed by atoms with E-state index in [1.807, 2.05) is 0 Å². The highest BCUT2D eigenvalue weighted by Crippen LogP contribution is 2.20. The lowest BCUT2D eigenvalue weighted by molar-refractivity contribution is -0.119. The number of rotatable bonds is 4. The second-order valence-corrected chi connectivity index (χ2v) is 6.03. The summed E-state index contributed by atoms with van der Waals surface area (Å²) in [4.78, 5) is 23.4. The number of halogens is 4. The molecule has 1 N–H and O–H groups in total. The maximum Gasteiger partial charge on any atom is 0.340 e. The van der Waals surface area contributed by atoms with Gasteiger partial charge >= 0.3 is 5.97 Å². The van der Waals surface area contributed by atoms with Crippen molar-refractivity contribution in [3.8, 4) is 0 Å². The number of carbonyl (C=O) groups is 2. The molecule has 0 saturated carbocycles. The summed E-state index contributed by atoms with van der Waals surface area (Å²) in [6, 6.07) is 8.25. The molecule has 2 rings (SSSR count). The fourth-order valence-electron chi connectivity index (χ4n) is 1.62. The molecule has 0 aromatic heterocycles. The molecule has 0 aliphatic carbocycles. The van der Waals surface area contributed by atoms with Gasteiger partial charge in [-0.3, -0.25) is 4.79 Å². The number of esters is 1. The highest BCUT2D eigenvalue weighted by Gasteiger charge is 2.17. The van der Waals surface area contributed by atoms with Crippen molar-refractivity contribution in [3.63, 3.8) is 0 Å². The Balaban J connectivity index is 1.95. The lowest BCUT2D eigenvalue weighted by atomic mass is 10.2. The molecule has 0 heterocycles. The molecule has 0 aliphatic heterocycles. The van der Waals surface area contributed by atoms with Crippen molar-refractivity contribution in [1.82, 2.24) is 0 Å². The molecule has 0 fully saturated rings. The first kappa shape index (κ1) is 17.6. The molecular weight excluding hydrogens is 443 g/mol. The normalized spacial score (nSPS) is 10.3. The number of hydrogen-bond acceptors (Lipinski definition) is 3. The van der Waals surface area contributed by atoms with E-state index in [4.69, 9.17) is 16.3 Å². The summed E-state index contributed by atoms with van der Waals surface area (Å²) < 4.78 is 31.8. The summed E-state index contributed by atoms with van der Waals surface area (Å²) in [7, 11) is 0. The largest absolute Gasteiger partial charge is 0.452 e. The third-order valence-corrected chi connectivity index (χ3v) is 3.72. The molecule has 1 amide bonds. The Morgan fingerprint density at radius 3 is 2.39 bits per heavy atom. The molecule has 0 bridgehead atoms. The fraction of sp³-hybridized carbons (Fsp3) is 0.0667. The molecule has 0 spiro atoms. The molecular formula is C15H9ClF2INO3. The van der Waals surface area contributed by atoms with E-state index in [1.165, 1.54) is 0 Å². The second-order valence-electron chi connectivity index (χ2n) is 4.38. The zero-order chi connectivity index (χ0) is 17.0. The molecule has 0 atom stereocenters. The van der Waals surface area contributed by atoms with Crippen LogP contribution in [0.5, 0.6) is 0 Å². The second kappa shape index (κ2) is 7.69. The lowest BCUT2D eigenvalue weighted by Gasteiger charge is -2.08. The predicted octanol–water partition coefficient (Wildman–Crippen LogP) is 4.02. The molecule has 0 saturated heterocycles. The highest BCUT2D eigenvalue weighted by atomic mass is 127. The first-order valence-electron chi connectivity index (χ1n) is 6.24. The van der Waals surface area contributed by atoms with Crippen LogP contribution in [0, 0.1) is 15.2 Å². The van der Waals surface area contributed by atoms with E-state index < -0.39 is 30.1 Å². The Morgan fingerprint density at radius 2 is 1.74 bits per heavy atom. The van der Waals surface area contributed by atoms with E-state index in [0.717, 1.165) is 3.57 Å². The minimum atomic E-state index is -1.23. The van der Waals surface area contributed by atoms with E-state index in [9.17, 15) is 18.4 Å². The van der Waals surface area contributed by atoms with Gasteiger partial charge in [-0.2, -0.15) is 0 Å². The third kappa shape index (κ3) is 4.87. The molecule has 2 aromatic carbocycles. The van der Waals surface area contributed by atoms with Crippen LogP contribution in [0.2, 0.25) is 5.02 Å². The van der Waals surface area contributed by atoms with E-state index in [0.29, 0.717) is 17.8 Å². The van der Waals surface area contributed by atoms with Gasteiger partial charge in [-0.05, 0) is 59.0 Å². The van der Waals surface area contributed by atoms with E-state index >= 15 is 0 Å². The van der Waals surface area contributed by atoms with Crippen molar-refractivity contribution in [2.45, 2.75) is 0 Å². The van der Waals surface area contributed by atoms with Crippen LogP contribution in [0.25, 0.3) is 0 Å². The summed E-state index contributed by atoms with van der Waals surface area (Å²) >= 11 is 7.77. The Morgan fingerprint density at radius 1 is 1.13 bits per heavy atom. The van der Waals surface area contributed by atoms with Crippen LogP contribution in [-0.2, 0) is 9.53 Å². The SMILES string of the molecule is O=C(COC(=O)c1cc(F)c(F)cc1Cl)Nc1ccc(I)cc1. The summed E-state index contributed by atoms with van der Waals surface area (Å²) in [5.74, 6) is -4.00. The van der Waals surface area contributed by atoms with Gasteiger partial charge in [0.2, 0.25) is 0 Å². The minimum absolute atomic E-state index is 0.299. The van der Waals surface area contributed by atoms with Crippen LogP contribution in [0.1, 0.15) is 10.4 Å². The van der Waals surface area contributed by atoms with Crippen molar-refractivity contribution >= 4 is 51.8 Å². The first-order chi connectivity index (χ1) is 10.9. The summed E-state index contributed by atoms with van der Waals surface area (Å²) in [5, 5.41) is 2.23. The van der Waals surface area contributed by atoms with Crippen molar-refractivity contribution < 1.29 is 23.1 Å². The average Bonchev–Trinajstić information content (AvgIpc) is 2.51. The molecule has 0 unspecified atom stereocenters. The van der Waals surface area contributed by atoms with Crippen LogP contribution in [-0.4, -0.2) is 18.5 Å². The molecule has 2 aromatic rings. The van der Waals surface area contributed by atoms with Gasteiger partial charge in [-0.25, -0.2) is 13.6 Å². The van der Waals surface area contributed by atoms with Gasteiger partial charge in [-0.1, -0.05) is 11.6 Å². The van der Waals surface area contributed by atoms with Crippen molar-refractivity contribution in [2.75, 3.05) is 11.9 Å². The molecule has 120 valence electrons. The number of anilines is 1. The monoisotopic (exact) mass is 451 g/mol. The smallest absolute Gasteiger partial charge is 0.340 e. The van der Waals surface area contributed by atoms with Crippen molar-refractivity contribution in [1.29, 1.82) is 0 Å². The molecule has 8 heteroatoms. The Bertz CT molecular complexity index is 753. The standard InChI is InChI=1S/C15H9ClF2INO3/c16-11-6-13(18)12(17)5-10(11)15(22)23-7-14(21)20-9-3-1-8(19)2-4-9/h1-6H,7H2,(H,20,21). The van der Waals surface area contributed by atoms with Gasteiger partial charge in [-0.15, -0.1) is 0 Å². The predicted molar refractivity (Wildman–Crippen MR) is 89.4 cm³/mol. The quantitative estimate of drug-likeness (QED) is 0.434. The fourth-order valence-corrected chi connectivity index (χ4v) is 2.21. The van der Waals surface area contributed by atoms with Crippen molar-refractivity contribution in [2.24, 2.45) is 0 Å². The lowest BCUT2D eigenvalue weighted by Crippen LogP contribution is -2.21. The highest BCUT2D eigenvalue weighted by molar-refractivity contribution is 14.1. The van der Waals surface area contributed by atoms with Gasteiger partial charge in [0.25, 0.3) is 5.91 Å². The van der Waals surface area contributed by atoms with E-state index in [2.05, 4.69) is 27.9 Å². The Hall–Kier alpha value is -1.74. The molecule has 0 aliphatic rings. The van der Waals surface area contributed by atoms with Gasteiger partial charge in [0.15, 0.2) is 18.2 Å². The van der Waals surface area contributed by atoms with E-state index in [-0.39, 0.29) is 10.6 Å². The van der Waals surface area contributed by atoms with Crippen LogP contribution >= 0.6 is 34.2 Å². The van der Waals surface area contributed by atoms with Gasteiger partial charge in [0.05, 0.1) is 10.6 Å². The molecule has 4 nitrogen and oxygen atoms in total. The van der Waals surface area contributed by atoms with Crippen LogP contribution < -0.4 is 5.32 Å². The van der Waals surface area contributed by atoms with Gasteiger partial charge in [0.1, 0.15) is 0 Å². The zero-order valence-electron chi connectivity index (χ0n) is 11.4. The topological polar surface area (TPSA) is 55.4 Å². The average molecular weight is 452 g/mol. The number of carbonyl (C=O) groups excluding carboxylic acids is 2. The maximum atomic E-state index is 13.1. The van der Waals surface area contributed by atoms with Crippen LogP contribution in [0.3, 0.4) is 0 Å². The Labute approximate surface area is 148 Å². The van der Waals surface area contributed by atoms with Crippen molar-refractivity contribution in [3.05, 3.63) is 62.2 Å². The number of nitrogens with one attached hydrogen (secondary N) is 1. The number of amides is 1. The molecule has 23 heavy (non-hydrogen) atoms. The summed E-state index contributed by atoms with van der Waals surface area (Å²) in [6.07, 6.45) is 0. The molecule has 0 radical (unpaired) electrons. The zero-order valence-corrected chi connectivity index (χ0v) is 14.3. The Kier molecular flexibility index (Phi) is 5.89. The number of benzene rings is 2.